The number of rotatable bonds is 7. The minimum absolute atomic E-state index is 0.471. The summed E-state index contributed by atoms with van der Waals surface area (Å²) in [7, 11) is 0. The van der Waals surface area contributed by atoms with E-state index in [1.54, 1.807) is 12.3 Å². The average molecular weight is 224 g/mol. The second-order valence-corrected chi connectivity index (χ2v) is 4.03. The smallest absolute Gasteiger partial charge is 0.224 e. The standard InChI is InChI=1S/C11H20N4O/c1-9(2)4-7-16-8-6-14-11-13-5-3-10(12)15-11/h3,5,9H,4,6-8H2,1-2H3,(H3,12,13,14,15). The zero-order valence-corrected chi connectivity index (χ0v) is 9.94. The fourth-order valence-electron chi connectivity index (χ4n) is 1.11. The van der Waals surface area contributed by atoms with Crippen molar-refractivity contribution in [3.63, 3.8) is 0 Å². The number of nitrogens with one attached hydrogen (secondary N) is 1. The minimum atomic E-state index is 0.471. The van der Waals surface area contributed by atoms with Crippen molar-refractivity contribution < 1.29 is 4.74 Å². The van der Waals surface area contributed by atoms with Crippen LogP contribution in [0.3, 0.4) is 0 Å². The molecule has 0 bridgehead atoms. The summed E-state index contributed by atoms with van der Waals surface area (Å²) < 4.78 is 5.45. The van der Waals surface area contributed by atoms with Gasteiger partial charge in [0.1, 0.15) is 5.82 Å². The number of nitrogens with zero attached hydrogens (tertiary/aromatic N) is 2. The van der Waals surface area contributed by atoms with Gasteiger partial charge in [-0.3, -0.25) is 0 Å². The topological polar surface area (TPSA) is 73.1 Å². The largest absolute Gasteiger partial charge is 0.384 e. The highest BCUT2D eigenvalue weighted by Crippen LogP contribution is 2.01. The van der Waals surface area contributed by atoms with Crippen molar-refractivity contribution in [1.82, 2.24) is 9.97 Å². The van der Waals surface area contributed by atoms with Crippen LogP contribution >= 0.6 is 0 Å². The summed E-state index contributed by atoms with van der Waals surface area (Å²) >= 11 is 0. The summed E-state index contributed by atoms with van der Waals surface area (Å²) in [5.41, 5.74) is 5.52. The maximum Gasteiger partial charge on any atom is 0.224 e. The van der Waals surface area contributed by atoms with Crippen molar-refractivity contribution in [3.8, 4) is 0 Å². The number of nitrogen functional groups attached to an aromatic ring is 1. The highest BCUT2D eigenvalue weighted by molar-refractivity contribution is 5.34. The first-order valence-corrected chi connectivity index (χ1v) is 5.58. The molecule has 0 aliphatic heterocycles. The number of anilines is 2. The zero-order chi connectivity index (χ0) is 11.8. The van der Waals surface area contributed by atoms with Crippen molar-refractivity contribution in [2.24, 2.45) is 5.92 Å². The van der Waals surface area contributed by atoms with E-state index in [0.717, 1.165) is 13.0 Å². The first kappa shape index (κ1) is 12.7. The number of hydrogen-bond acceptors (Lipinski definition) is 5. The van der Waals surface area contributed by atoms with E-state index >= 15 is 0 Å². The van der Waals surface area contributed by atoms with Crippen LogP contribution in [0.1, 0.15) is 20.3 Å². The molecule has 90 valence electrons. The Kier molecular flexibility index (Phi) is 5.56. The molecule has 3 N–H and O–H groups in total. The highest BCUT2D eigenvalue weighted by Gasteiger charge is 1.96. The Bertz CT molecular complexity index is 304. The quantitative estimate of drug-likeness (QED) is 0.687. The monoisotopic (exact) mass is 224 g/mol. The van der Waals surface area contributed by atoms with Gasteiger partial charge in [-0.05, 0) is 18.4 Å². The van der Waals surface area contributed by atoms with Gasteiger partial charge < -0.3 is 15.8 Å². The van der Waals surface area contributed by atoms with Crippen LogP contribution in [0.25, 0.3) is 0 Å². The SMILES string of the molecule is CC(C)CCOCCNc1nccc(N)n1. The van der Waals surface area contributed by atoms with Gasteiger partial charge in [0.25, 0.3) is 0 Å². The lowest BCUT2D eigenvalue weighted by atomic mass is 10.1. The van der Waals surface area contributed by atoms with Crippen molar-refractivity contribution in [2.45, 2.75) is 20.3 Å². The van der Waals surface area contributed by atoms with E-state index in [1.807, 2.05) is 0 Å². The number of nitrogens with two attached hydrogens (primary N) is 1. The van der Waals surface area contributed by atoms with Crippen LogP contribution in [-0.2, 0) is 4.74 Å². The Balaban J connectivity index is 2.07. The Labute approximate surface area is 96.4 Å². The maximum atomic E-state index is 5.52. The molecule has 0 unspecified atom stereocenters. The van der Waals surface area contributed by atoms with E-state index in [0.29, 0.717) is 30.8 Å². The molecular formula is C11H20N4O. The summed E-state index contributed by atoms with van der Waals surface area (Å²) in [6, 6.07) is 1.66. The molecular weight excluding hydrogens is 204 g/mol. The lowest BCUT2D eigenvalue weighted by Crippen LogP contribution is -2.12. The molecule has 0 aromatic carbocycles. The number of aromatic nitrogens is 2. The highest BCUT2D eigenvalue weighted by atomic mass is 16.5. The summed E-state index contributed by atoms with van der Waals surface area (Å²) in [5.74, 6) is 1.70. The lowest BCUT2D eigenvalue weighted by molar-refractivity contribution is 0.132. The van der Waals surface area contributed by atoms with Crippen LogP contribution in [0.2, 0.25) is 0 Å². The van der Waals surface area contributed by atoms with Crippen LogP contribution < -0.4 is 11.1 Å². The molecule has 16 heavy (non-hydrogen) atoms. The number of hydrogen-bond donors (Lipinski definition) is 2. The first-order chi connectivity index (χ1) is 7.68. The summed E-state index contributed by atoms with van der Waals surface area (Å²) in [6.07, 6.45) is 2.72. The third-order valence-electron chi connectivity index (χ3n) is 2.05. The van der Waals surface area contributed by atoms with Crippen LogP contribution in [0.15, 0.2) is 12.3 Å². The zero-order valence-electron chi connectivity index (χ0n) is 9.94. The van der Waals surface area contributed by atoms with Crippen LogP contribution in [-0.4, -0.2) is 29.7 Å². The Morgan fingerprint density at radius 1 is 1.44 bits per heavy atom. The second-order valence-electron chi connectivity index (χ2n) is 4.03. The number of ether oxygens (including phenoxy) is 1. The molecule has 0 spiro atoms. The molecule has 1 rings (SSSR count). The molecule has 0 aliphatic rings. The molecule has 1 aromatic rings. The molecule has 0 fully saturated rings. The molecule has 0 radical (unpaired) electrons. The minimum Gasteiger partial charge on any atom is -0.384 e. The van der Waals surface area contributed by atoms with Crippen molar-refractivity contribution in [2.75, 3.05) is 30.8 Å². The van der Waals surface area contributed by atoms with Crippen molar-refractivity contribution in [1.29, 1.82) is 0 Å². The van der Waals surface area contributed by atoms with Gasteiger partial charge in [0.2, 0.25) is 5.95 Å². The van der Waals surface area contributed by atoms with Gasteiger partial charge in [0, 0.05) is 19.3 Å². The van der Waals surface area contributed by atoms with Gasteiger partial charge in [-0.25, -0.2) is 4.98 Å². The van der Waals surface area contributed by atoms with E-state index in [9.17, 15) is 0 Å². The molecule has 1 heterocycles. The summed E-state index contributed by atoms with van der Waals surface area (Å²) in [6.45, 7) is 6.52. The molecule has 0 atom stereocenters. The van der Waals surface area contributed by atoms with E-state index in [2.05, 4.69) is 29.1 Å². The molecule has 5 nitrogen and oxygen atoms in total. The predicted octanol–water partition coefficient (Wildman–Crippen LogP) is 1.53. The first-order valence-electron chi connectivity index (χ1n) is 5.58. The normalized spacial score (nSPS) is 10.7. The lowest BCUT2D eigenvalue weighted by Gasteiger charge is -2.07. The fourth-order valence-corrected chi connectivity index (χ4v) is 1.11. The maximum absolute atomic E-state index is 5.52. The summed E-state index contributed by atoms with van der Waals surface area (Å²) in [5, 5.41) is 3.05. The predicted molar refractivity (Wildman–Crippen MR) is 65.2 cm³/mol. The van der Waals surface area contributed by atoms with E-state index in [-0.39, 0.29) is 0 Å². The molecule has 1 aromatic heterocycles. The van der Waals surface area contributed by atoms with Crippen LogP contribution in [0, 0.1) is 5.92 Å². The fraction of sp³-hybridized carbons (Fsp3) is 0.636. The van der Waals surface area contributed by atoms with Crippen molar-refractivity contribution in [3.05, 3.63) is 12.3 Å². The molecule has 0 saturated carbocycles. The Hall–Kier alpha value is -1.36. The molecule has 0 saturated heterocycles. The van der Waals surface area contributed by atoms with E-state index < -0.39 is 0 Å². The second kappa shape index (κ2) is 7.00. The molecule has 5 heteroatoms. The average Bonchev–Trinajstić information content (AvgIpc) is 2.23. The Morgan fingerprint density at radius 2 is 2.25 bits per heavy atom. The van der Waals surface area contributed by atoms with E-state index in [1.165, 1.54) is 0 Å². The van der Waals surface area contributed by atoms with Gasteiger partial charge >= 0.3 is 0 Å². The van der Waals surface area contributed by atoms with Gasteiger partial charge in [0.05, 0.1) is 6.61 Å². The van der Waals surface area contributed by atoms with Gasteiger partial charge in [-0.15, -0.1) is 0 Å². The van der Waals surface area contributed by atoms with Gasteiger partial charge in [0.15, 0.2) is 0 Å². The third kappa shape index (κ3) is 5.50. The van der Waals surface area contributed by atoms with Crippen molar-refractivity contribution >= 4 is 11.8 Å². The van der Waals surface area contributed by atoms with Gasteiger partial charge in [-0.2, -0.15) is 4.98 Å². The van der Waals surface area contributed by atoms with Crippen LogP contribution in [0.4, 0.5) is 11.8 Å². The van der Waals surface area contributed by atoms with Gasteiger partial charge in [-0.1, -0.05) is 13.8 Å². The third-order valence-corrected chi connectivity index (χ3v) is 2.05. The summed E-state index contributed by atoms with van der Waals surface area (Å²) in [4.78, 5) is 8.05. The van der Waals surface area contributed by atoms with E-state index in [4.69, 9.17) is 10.5 Å². The van der Waals surface area contributed by atoms with Crippen LogP contribution in [0.5, 0.6) is 0 Å². The molecule has 0 amide bonds. The molecule has 0 aliphatic carbocycles. The Morgan fingerprint density at radius 3 is 2.94 bits per heavy atom.